The van der Waals surface area contributed by atoms with Crippen molar-refractivity contribution in [1.29, 1.82) is 0 Å². The number of hydrogen-bond donors (Lipinski definition) is 2. The lowest BCUT2D eigenvalue weighted by Gasteiger charge is -2.40. The summed E-state index contributed by atoms with van der Waals surface area (Å²) < 4.78 is 6.55. The van der Waals surface area contributed by atoms with Crippen LogP contribution in [-0.2, 0) is 4.74 Å². The van der Waals surface area contributed by atoms with Gasteiger partial charge in [0.15, 0.2) is 0 Å². The van der Waals surface area contributed by atoms with Gasteiger partial charge in [-0.1, -0.05) is 20.8 Å². The van der Waals surface area contributed by atoms with Crippen molar-refractivity contribution in [2.75, 3.05) is 13.7 Å². The smallest absolute Gasteiger partial charge is 0.0640 e. The van der Waals surface area contributed by atoms with Crippen LogP contribution in [0.4, 0.5) is 0 Å². The van der Waals surface area contributed by atoms with Crippen LogP contribution in [-0.4, -0.2) is 36.5 Å². The second-order valence-corrected chi connectivity index (χ2v) is 8.29. The zero-order valence-electron chi connectivity index (χ0n) is 13.5. The molecule has 3 saturated carbocycles. The van der Waals surface area contributed by atoms with E-state index in [4.69, 9.17) is 4.74 Å². The first-order valence-electron chi connectivity index (χ1n) is 8.32. The van der Waals surface area contributed by atoms with Crippen molar-refractivity contribution in [2.24, 2.45) is 16.7 Å². The topological polar surface area (TPSA) is 41.5 Å². The first kappa shape index (κ1) is 14.8. The first-order valence-corrected chi connectivity index (χ1v) is 8.32. The molecule has 3 nitrogen and oxygen atoms in total. The summed E-state index contributed by atoms with van der Waals surface area (Å²) in [6, 6.07) is 0. The average molecular weight is 281 g/mol. The van der Waals surface area contributed by atoms with Crippen LogP contribution in [0.2, 0.25) is 0 Å². The zero-order chi connectivity index (χ0) is 14.6. The summed E-state index contributed by atoms with van der Waals surface area (Å²) >= 11 is 0. The third kappa shape index (κ3) is 1.89. The average Bonchev–Trinajstić information content (AvgIpc) is 2.99. The Hall–Kier alpha value is -0.120. The van der Waals surface area contributed by atoms with Crippen molar-refractivity contribution in [3.63, 3.8) is 0 Å². The van der Waals surface area contributed by atoms with Gasteiger partial charge in [-0.25, -0.2) is 0 Å². The van der Waals surface area contributed by atoms with Crippen LogP contribution < -0.4 is 5.32 Å². The summed E-state index contributed by atoms with van der Waals surface area (Å²) in [6.07, 6.45) is 7.76. The highest BCUT2D eigenvalue weighted by Gasteiger charge is 2.62. The van der Waals surface area contributed by atoms with Gasteiger partial charge in [-0.15, -0.1) is 0 Å². The Morgan fingerprint density at radius 1 is 1.20 bits per heavy atom. The van der Waals surface area contributed by atoms with Gasteiger partial charge in [-0.3, -0.25) is 0 Å². The number of rotatable bonds is 4. The molecule has 3 aliphatic rings. The molecule has 0 saturated heterocycles. The summed E-state index contributed by atoms with van der Waals surface area (Å²) in [7, 11) is 1.96. The molecule has 3 rings (SSSR count). The molecule has 2 N–H and O–H groups in total. The minimum absolute atomic E-state index is 0.0985. The lowest BCUT2D eigenvalue weighted by Crippen LogP contribution is -2.45. The molecule has 0 aromatic heterocycles. The number of likely N-dealkylation sites (N-methyl/N-ethyl adjacent to an activating group) is 1. The molecule has 5 unspecified atom stereocenters. The standard InChI is InChI=1S/C17H31NO2/c1-15(2)12-5-7-16(15,3)14(9-12)20-13-6-8-17(10-13,11-19)18-4/h12-14,18-19H,5-11H2,1-4H3. The molecule has 0 spiro atoms. The van der Waals surface area contributed by atoms with Gasteiger partial charge in [-0.05, 0) is 62.3 Å². The number of aliphatic hydroxyl groups excluding tert-OH is 1. The normalized spacial score (nSPS) is 50.0. The predicted molar refractivity (Wildman–Crippen MR) is 80.6 cm³/mol. The van der Waals surface area contributed by atoms with Gasteiger partial charge < -0.3 is 15.2 Å². The number of fused-ring (bicyclic) bond motifs is 2. The fourth-order valence-corrected chi connectivity index (χ4v) is 5.21. The van der Waals surface area contributed by atoms with Crippen LogP contribution in [0.5, 0.6) is 0 Å². The second kappa shape index (κ2) is 4.69. The van der Waals surface area contributed by atoms with Crippen LogP contribution in [0, 0.1) is 16.7 Å². The molecule has 3 aliphatic carbocycles. The maximum atomic E-state index is 9.62. The van der Waals surface area contributed by atoms with Crippen molar-refractivity contribution >= 4 is 0 Å². The van der Waals surface area contributed by atoms with Gasteiger partial charge in [0.1, 0.15) is 0 Å². The molecule has 2 bridgehead atoms. The van der Waals surface area contributed by atoms with Crippen LogP contribution in [0.15, 0.2) is 0 Å². The van der Waals surface area contributed by atoms with E-state index >= 15 is 0 Å². The van der Waals surface area contributed by atoms with E-state index in [0.29, 0.717) is 23.0 Å². The number of aliphatic hydroxyl groups is 1. The molecule has 0 radical (unpaired) electrons. The first-order chi connectivity index (χ1) is 9.37. The molecule has 0 amide bonds. The Morgan fingerprint density at radius 2 is 1.95 bits per heavy atom. The maximum absolute atomic E-state index is 9.62. The summed E-state index contributed by atoms with van der Waals surface area (Å²) in [5.41, 5.74) is 0.674. The molecule has 0 heterocycles. The van der Waals surface area contributed by atoms with Crippen molar-refractivity contribution in [3.05, 3.63) is 0 Å². The van der Waals surface area contributed by atoms with Gasteiger partial charge in [0.25, 0.3) is 0 Å². The van der Waals surface area contributed by atoms with Crippen LogP contribution in [0.1, 0.15) is 59.3 Å². The molecule has 116 valence electrons. The van der Waals surface area contributed by atoms with Crippen LogP contribution in [0.25, 0.3) is 0 Å². The summed E-state index contributed by atoms with van der Waals surface area (Å²) in [4.78, 5) is 0. The monoisotopic (exact) mass is 281 g/mol. The lowest BCUT2D eigenvalue weighted by molar-refractivity contribution is -0.0862. The van der Waals surface area contributed by atoms with Crippen molar-refractivity contribution in [3.8, 4) is 0 Å². The maximum Gasteiger partial charge on any atom is 0.0640 e. The largest absolute Gasteiger partial charge is 0.394 e. The zero-order valence-corrected chi connectivity index (χ0v) is 13.5. The fourth-order valence-electron chi connectivity index (χ4n) is 5.21. The summed E-state index contributed by atoms with van der Waals surface area (Å²) in [5.74, 6) is 0.839. The van der Waals surface area contributed by atoms with Gasteiger partial charge in [0.05, 0.1) is 18.8 Å². The highest BCUT2D eigenvalue weighted by atomic mass is 16.5. The molecular formula is C17H31NO2. The highest BCUT2D eigenvalue weighted by Crippen LogP contribution is 2.66. The van der Waals surface area contributed by atoms with E-state index in [1.807, 2.05) is 7.05 Å². The van der Waals surface area contributed by atoms with Crippen molar-refractivity contribution < 1.29 is 9.84 Å². The van der Waals surface area contributed by atoms with E-state index in [1.165, 1.54) is 19.3 Å². The Bertz CT molecular complexity index is 377. The minimum Gasteiger partial charge on any atom is -0.394 e. The molecule has 0 aromatic carbocycles. The van der Waals surface area contributed by atoms with E-state index in [1.54, 1.807) is 0 Å². The van der Waals surface area contributed by atoms with Gasteiger partial charge >= 0.3 is 0 Å². The van der Waals surface area contributed by atoms with Gasteiger partial charge in [0.2, 0.25) is 0 Å². The van der Waals surface area contributed by atoms with E-state index in [2.05, 4.69) is 26.1 Å². The molecule has 3 heteroatoms. The molecule has 3 fully saturated rings. The van der Waals surface area contributed by atoms with Crippen LogP contribution in [0.3, 0.4) is 0 Å². The van der Waals surface area contributed by atoms with Crippen LogP contribution >= 0.6 is 0 Å². The minimum atomic E-state index is -0.0985. The van der Waals surface area contributed by atoms with Crippen molar-refractivity contribution in [2.45, 2.75) is 77.0 Å². The molecular weight excluding hydrogens is 250 g/mol. The summed E-state index contributed by atoms with van der Waals surface area (Å²) in [6.45, 7) is 7.54. The van der Waals surface area contributed by atoms with E-state index in [-0.39, 0.29) is 12.1 Å². The Balaban J connectivity index is 1.66. The van der Waals surface area contributed by atoms with Crippen molar-refractivity contribution in [1.82, 2.24) is 5.32 Å². The van der Waals surface area contributed by atoms with E-state index in [9.17, 15) is 5.11 Å². The summed E-state index contributed by atoms with van der Waals surface area (Å²) in [5, 5.41) is 12.9. The third-order valence-corrected chi connectivity index (χ3v) is 7.47. The van der Waals surface area contributed by atoms with E-state index in [0.717, 1.165) is 25.2 Å². The fraction of sp³-hybridized carbons (Fsp3) is 1.00. The predicted octanol–water partition coefficient (Wildman–Crippen LogP) is 2.72. The molecule has 0 aliphatic heterocycles. The number of hydrogen-bond acceptors (Lipinski definition) is 3. The Kier molecular flexibility index (Phi) is 3.47. The van der Waals surface area contributed by atoms with Gasteiger partial charge in [0, 0.05) is 5.54 Å². The number of ether oxygens (including phenoxy) is 1. The highest BCUT2D eigenvalue weighted by molar-refractivity contribution is 5.11. The lowest BCUT2D eigenvalue weighted by atomic mass is 9.70. The molecule has 0 aromatic rings. The SMILES string of the molecule is CNC1(CO)CCC(OC2CC3CCC2(C)C3(C)C)C1. The molecule has 5 atom stereocenters. The van der Waals surface area contributed by atoms with E-state index < -0.39 is 0 Å². The number of nitrogens with one attached hydrogen (secondary N) is 1. The Morgan fingerprint density at radius 3 is 2.40 bits per heavy atom. The Labute approximate surface area is 123 Å². The third-order valence-electron chi connectivity index (χ3n) is 7.47. The molecule has 20 heavy (non-hydrogen) atoms. The quantitative estimate of drug-likeness (QED) is 0.832. The van der Waals surface area contributed by atoms with Gasteiger partial charge in [-0.2, -0.15) is 0 Å². The second-order valence-electron chi connectivity index (χ2n) is 8.29.